The van der Waals surface area contributed by atoms with E-state index in [-0.39, 0.29) is 11.2 Å². The van der Waals surface area contributed by atoms with Gasteiger partial charge in [0.15, 0.2) is 0 Å². The van der Waals surface area contributed by atoms with Crippen LogP contribution in [0.5, 0.6) is 0 Å². The molecule has 0 bridgehead atoms. The molecule has 0 saturated carbocycles. The summed E-state index contributed by atoms with van der Waals surface area (Å²) >= 11 is 1.87. The van der Waals surface area contributed by atoms with Gasteiger partial charge in [0.05, 0.1) is 5.37 Å². The van der Waals surface area contributed by atoms with Crippen LogP contribution in [0.1, 0.15) is 19.4 Å². The second kappa shape index (κ2) is 8.41. The molecule has 1 aliphatic heterocycles. The molecule has 3 rings (SSSR count). The molecule has 0 saturated heterocycles. The number of thioether (sulfide) groups is 1. The lowest BCUT2D eigenvalue weighted by Crippen LogP contribution is -2.40. The maximum absolute atomic E-state index is 13.7. The lowest BCUT2D eigenvalue weighted by atomic mass is 10.1. The molecule has 5 heteroatoms. The molecule has 0 amide bonds. The zero-order valence-electron chi connectivity index (χ0n) is 15.4. The van der Waals surface area contributed by atoms with Gasteiger partial charge in [-0.25, -0.2) is 9.37 Å². The van der Waals surface area contributed by atoms with Gasteiger partial charge in [0.2, 0.25) is 0 Å². The summed E-state index contributed by atoms with van der Waals surface area (Å²) in [4.78, 5) is 8.88. The van der Waals surface area contributed by atoms with Gasteiger partial charge in [-0.05, 0) is 60.2 Å². The summed E-state index contributed by atoms with van der Waals surface area (Å²) in [5.74, 6) is 2.76. The van der Waals surface area contributed by atoms with Crippen molar-refractivity contribution in [2.45, 2.75) is 25.8 Å². The molecule has 0 N–H and O–H groups in total. The van der Waals surface area contributed by atoms with Crippen molar-refractivity contribution < 1.29 is 4.39 Å². The third kappa shape index (κ3) is 4.28. The maximum atomic E-state index is 13.7. The molecule has 0 fully saturated rings. The summed E-state index contributed by atoms with van der Waals surface area (Å²) in [5, 5.41) is 0.203. The number of halogens is 1. The Morgan fingerprint density at radius 3 is 2.77 bits per heavy atom. The predicted molar refractivity (Wildman–Crippen MR) is 108 cm³/mol. The molecule has 0 spiro atoms. The third-order valence-corrected chi connectivity index (χ3v) is 5.35. The molecule has 0 aliphatic carbocycles. The largest absolute Gasteiger partial charge is 0.338 e. The minimum Gasteiger partial charge on any atom is -0.338 e. The Hall–Kier alpha value is -2.27. The van der Waals surface area contributed by atoms with Crippen LogP contribution < -0.4 is 4.90 Å². The zero-order chi connectivity index (χ0) is 18.5. The monoisotopic (exact) mass is 369 g/mol. The summed E-state index contributed by atoms with van der Waals surface area (Å²) < 4.78 is 13.7. The molecular weight excluding hydrogens is 345 g/mol. The van der Waals surface area contributed by atoms with Crippen LogP contribution >= 0.6 is 11.8 Å². The lowest BCUT2D eigenvalue weighted by Gasteiger charge is -2.40. The van der Waals surface area contributed by atoms with Gasteiger partial charge in [0.1, 0.15) is 17.5 Å². The molecule has 1 aromatic heterocycles. The van der Waals surface area contributed by atoms with Crippen molar-refractivity contribution in [3.05, 3.63) is 83.6 Å². The Morgan fingerprint density at radius 2 is 2.08 bits per heavy atom. The van der Waals surface area contributed by atoms with Crippen molar-refractivity contribution in [3.8, 4) is 0 Å². The molecule has 26 heavy (non-hydrogen) atoms. The zero-order valence-corrected chi connectivity index (χ0v) is 16.2. The average molecular weight is 370 g/mol. The smallest absolute Gasteiger partial charge is 0.133 e. The van der Waals surface area contributed by atoms with Gasteiger partial charge >= 0.3 is 0 Å². The highest BCUT2D eigenvalue weighted by Crippen LogP contribution is 2.32. The summed E-state index contributed by atoms with van der Waals surface area (Å²) in [6.45, 7) is 4.92. The molecular formula is C21H24FN3S. The van der Waals surface area contributed by atoms with Crippen LogP contribution in [0.25, 0.3) is 0 Å². The SMILES string of the molecule is CCSC1C=C(C)C=C(N(C)c2ccccn2)N1Cc1cccc(F)c1. The summed E-state index contributed by atoms with van der Waals surface area (Å²) in [7, 11) is 2.03. The normalized spacial score (nSPS) is 16.9. The first-order valence-corrected chi connectivity index (χ1v) is 9.81. The number of anilines is 1. The second-order valence-electron chi connectivity index (χ2n) is 6.26. The van der Waals surface area contributed by atoms with E-state index in [1.807, 2.05) is 43.1 Å². The molecule has 2 aromatic rings. The fourth-order valence-electron chi connectivity index (χ4n) is 3.05. The molecule has 0 radical (unpaired) electrons. The van der Waals surface area contributed by atoms with Crippen molar-refractivity contribution in [1.82, 2.24) is 9.88 Å². The Bertz CT molecular complexity index is 804. The first kappa shape index (κ1) is 18.5. The summed E-state index contributed by atoms with van der Waals surface area (Å²) in [6, 6.07) is 12.7. The van der Waals surface area contributed by atoms with E-state index in [9.17, 15) is 4.39 Å². The van der Waals surface area contributed by atoms with Gasteiger partial charge in [-0.3, -0.25) is 0 Å². The molecule has 136 valence electrons. The van der Waals surface area contributed by atoms with E-state index in [1.54, 1.807) is 18.3 Å². The van der Waals surface area contributed by atoms with Crippen LogP contribution in [0.3, 0.4) is 0 Å². The molecule has 1 aromatic carbocycles. The molecule has 1 unspecified atom stereocenters. The number of nitrogens with zero attached hydrogens (tertiary/aromatic N) is 3. The van der Waals surface area contributed by atoms with Gasteiger partial charge in [-0.15, -0.1) is 11.8 Å². The minimum absolute atomic E-state index is 0.200. The van der Waals surface area contributed by atoms with Crippen LogP contribution in [-0.4, -0.2) is 28.1 Å². The standard InChI is InChI=1S/C21H24FN3S/c1-4-26-21-13-16(2)12-20(24(3)19-10-5-6-11-23-19)25(21)15-17-8-7-9-18(22)14-17/h5-14,21H,4,15H2,1-3H3. The number of rotatable bonds is 6. The third-order valence-electron chi connectivity index (χ3n) is 4.28. The van der Waals surface area contributed by atoms with Crippen LogP contribution in [0.15, 0.2) is 72.2 Å². The van der Waals surface area contributed by atoms with Crippen molar-refractivity contribution in [3.63, 3.8) is 0 Å². The number of allylic oxidation sites excluding steroid dienone is 2. The van der Waals surface area contributed by atoms with Crippen LogP contribution in [0, 0.1) is 5.82 Å². The molecule has 1 atom stereocenters. The van der Waals surface area contributed by atoms with Gasteiger partial charge < -0.3 is 9.80 Å². The molecule has 3 nitrogen and oxygen atoms in total. The van der Waals surface area contributed by atoms with E-state index in [0.29, 0.717) is 6.54 Å². The number of hydrogen-bond donors (Lipinski definition) is 0. The lowest BCUT2D eigenvalue weighted by molar-refractivity contribution is 0.334. The minimum atomic E-state index is -0.200. The summed E-state index contributed by atoms with van der Waals surface area (Å²) in [6.07, 6.45) is 6.23. The predicted octanol–water partition coefficient (Wildman–Crippen LogP) is 5.04. The number of pyridine rings is 1. The van der Waals surface area contributed by atoms with E-state index in [0.717, 1.165) is 23.0 Å². The highest BCUT2D eigenvalue weighted by Gasteiger charge is 2.26. The van der Waals surface area contributed by atoms with E-state index in [1.165, 1.54) is 11.6 Å². The first-order valence-electron chi connectivity index (χ1n) is 8.76. The van der Waals surface area contributed by atoms with Gasteiger partial charge in [-0.1, -0.05) is 25.1 Å². The fourth-order valence-corrected chi connectivity index (χ4v) is 4.07. The Kier molecular flexibility index (Phi) is 5.99. The maximum Gasteiger partial charge on any atom is 0.133 e. The first-order chi connectivity index (χ1) is 12.6. The van der Waals surface area contributed by atoms with Gasteiger partial charge in [0.25, 0.3) is 0 Å². The van der Waals surface area contributed by atoms with E-state index in [4.69, 9.17) is 0 Å². The quantitative estimate of drug-likeness (QED) is 0.710. The Morgan fingerprint density at radius 1 is 1.23 bits per heavy atom. The second-order valence-corrected chi connectivity index (χ2v) is 7.66. The van der Waals surface area contributed by atoms with Crippen molar-refractivity contribution in [2.24, 2.45) is 0 Å². The van der Waals surface area contributed by atoms with E-state index < -0.39 is 0 Å². The Balaban J connectivity index is 1.95. The number of hydrogen-bond acceptors (Lipinski definition) is 4. The Labute approximate surface area is 159 Å². The summed E-state index contributed by atoms with van der Waals surface area (Å²) in [5.41, 5.74) is 2.18. The van der Waals surface area contributed by atoms with Crippen LogP contribution in [-0.2, 0) is 6.54 Å². The highest BCUT2D eigenvalue weighted by molar-refractivity contribution is 7.99. The molecule has 1 aliphatic rings. The van der Waals surface area contributed by atoms with Crippen LogP contribution in [0.4, 0.5) is 10.2 Å². The topological polar surface area (TPSA) is 19.4 Å². The van der Waals surface area contributed by atoms with E-state index >= 15 is 0 Å². The highest BCUT2D eigenvalue weighted by atomic mass is 32.2. The number of benzene rings is 1. The van der Waals surface area contributed by atoms with Crippen LogP contribution in [0.2, 0.25) is 0 Å². The van der Waals surface area contributed by atoms with Gasteiger partial charge in [-0.2, -0.15) is 0 Å². The number of aromatic nitrogens is 1. The van der Waals surface area contributed by atoms with E-state index in [2.05, 4.69) is 40.8 Å². The molecule has 2 heterocycles. The average Bonchev–Trinajstić information content (AvgIpc) is 2.64. The fraction of sp³-hybridized carbons (Fsp3) is 0.286. The van der Waals surface area contributed by atoms with Crippen molar-refractivity contribution >= 4 is 17.6 Å². The van der Waals surface area contributed by atoms with Crippen molar-refractivity contribution in [2.75, 3.05) is 17.7 Å². The van der Waals surface area contributed by atoms with Crippen molar-refractivity contribution in [1.29, 1.82) is 0 Å². The van der Waals surface area contributed by atoms with Gasteiger partial charge in [0, 0.05) is 19.8 Å².